The summed E-state index contributed by atoms with van der Waals surface area (Å²) in [5.74, 6) is 0.409. The highest BCUT2D eigenvalue weighted by Gasteiger charge is 2.45. The van der Waals surface area contributed by atoms with Crippen molar-refractivity contribution >= 4 is 5.78 Å². The summed E-state index contributed by atoms with van der Waals surface area (Å²) in [5, 5.41) is 0. The quantitative estimate of drug-likeness (QED) is 0.661. The van der Waals surface area contributed by atoms with Crippen molar-refractivity contribution in [3.63, 3.8) is 0 Å². The maximum atomic E-state index is 11.4. The third-order valence-electron chi connectivity index (χ3n) is 3.81. The first kappa shape index (κ1) is 11.4. The Morgan fingerprint density at radius 2 is 1.88 bits per heavy atom. The summed E-state index contributed by atoms with van der Waals surface area (Å²) in [6.45, 7) is 1.75. The number of rotatable bonds is 6. The fourth-order valence-electron chi connectivity index (χ4n) is 2.37. The minimum atomic E-state index is 0.108. The number of unbranched alkanes of at least 4 members (excludes halogenated alkanes) is 1. The van der Waals surface area contributed by atoms with Crippen LogP contribution in [0.15, 0.2) is 30.3 Å². The highest BCUT2D eigenvalue weighted by Crippen LogP contribution is 2.50. The summed E-state index contributed by atoms with van der Waals surface area (Å²) in [6, 6.07) is 10.6. The van der Waals surface area contributed by atoms with E-state index in [2.05, 4.69) is 30.3 Å². The summed E-state index contributed by atoms with van der Waals surface area (Å²) in [7, 11) is 0. The van der Waals surface area contributed by atoms with Crippen molar-refractivity contribution < 1.29 is 4.79 Å². The molecule has 0 radical (unpaired) electrons. The molecule has 1 aromatic carbocycles. The lowest BCUT2D eigenvalue weighted by atomic mass is 9.94. The number of aryl methyl sites for hydroxylation is 1. The lowest BCUT2D eigenvalue weighted by molar-refractivity contribution is -0.122. The average molecular weight is 216 g/mol. The van der Waals surface area contributed by atoms with Gasteiger partial charge in [-0.25, -0.2) is 0 Å². The SMILES string of the molecule is CC(=O)C1(CCCCc2ccccc2)CC1. The maximum Gasteiger partial charge on any atom is 0.135 e. The molecule has 1 fully saturated rings. The molecule has 0 aromatic heterocycles. The number of ketones is 1. The van der Waals surface area contributed by atoms with E-state index in [-0.39, 0.29) is 5.41 Å². The molecule has 0 spiro atoms. The third-order valence-corrected chi connectivity index (χ3v) is 3.81. The first-order valence-electron chi connectivity index (χ1n) is 6.28. The predicted molar refractivity (Wildman–Crippen MR) is 66.3 cm³/mol. The summed E-state index contributed by atoms with van der Waals surface area (Å²) < 4.78 is 0. The Labute approximate surface area is 97.9 Å². The van der Waals surface area contributed by atoms with Crippen LogP contribution in [-0.4, -0.2) is 5.78 Å². The smallest absolute Gasteiger partial charge is 0.135 e. The van der Waals surface area contributed by atoms with E-state index in [4.69, 9.17) is 0 Å². The predicted octanol–water partition coefficient (Wildman–Crippen LogP) is 3.77. The van der Waals surface area contributed by atoms with E-state index in [1.54, 1.807) is 6.92 Å². The van der Waals surface area contributed by atoms with Crippen LogP contribution in [0, 0.1) is 5.41 Å². The highest BCUT2D eigenvalue weighted by molar-refractivity contribution is 5.84. The minimum absolute atomic E-state index is 0.108. The molecule has 86 valence electrons. The van der Waals surface area contributed by atoms with Crippen LogP contribution in [-0.2, 0) is 11.2 Å². The number of carbonyl (C=O) groups is 1. The van der Waals surface area contributed by atoms with Crippen molar-refractivity contribution in [3.8, 4) is 0 Å². The van der Waals surface area contributed by atoms with Gasteiger partial charge in [0, 0.05) is 5.41 Å². The molecule has 16 heavy (non-hydrogen) atoms. The Morgan fingerprint density at radius 1 is 1.19 bits per heavy atom. The summed E-state index contributed by atoms with van der Waals surface area (Å²) in [6.07, 6.45) is 6.92. The van der Waals surface area contributed by atoms with E-state index in [1.807, 2.05) is 0 Å². The third kappa shape index (κ3) is 2.72. The molecule has 0 N–H and O–H groups in total. The minimum Gasteiger partial charge on any atom is -0.299 e. The molecule has 0 amide bonds. The zero-order chi connectivity index (χ0) is 11.4. The van der Waals surface area contributed by atoms with Gasteiger partial charge in [0.2, 0.25) is 0 Å². The van der Waals surface area contributed by atoms with Gasteiger partial charge in [-0.05, 0) is 44.6 Å². The van der Waals surface area contributed by atoms with Crippen molar-refractivity contribution in [2.24, 2.45) is 5.41 Å². The molecule has 1 aliphatic carbocycles. The standard InChI is InChI=1S/C15H20O/c1-13(16)15(11-12-15)10-6-5-9-14-7-3-2-4-8-14/h2-4,7-8H,5-6,9-12H2,1H3. The second kappa shape index (κ2) is 4.82. The van der Waals surface area contributed by atoms with Crippen molar-refractivity contribution in [2.45, 2.75) is 45.4 Å². The van der Waals surface area contributed by atoms with Crippen LogP contribution in [0.2, 0.25) is 0 Å². The van der Waals surface area contributed by atoms with Gasteiger partial charge in [0.15, 0.2) is 0 Å². The van der Waals surface area contributed by atoms with Crippen molar-refractivity contribution in [1.29, 1.82) is 0 Å². The van der Waals surface area contributed by atoms with Crippen LogP contribution in [0.4, 0.5) is 0 Å². The topological polar surface area (TPSA) is 17.1 Å². The van der Waals surface area contributed by atoms with Gasteiger partial charge in [-0.3, -0.25) is 4.79 Å². The Balaban J connectivity index is 1.68. The number of hydrogen-bond donors (Lipinski definition) is 0. The van der Waals surface area contributed by atoms with Crippen LogP contribution in [0.1, 0.15) is 44.6 Å². The molecular weight excluding hydrogens is 196 g/mol. The van der Waals surface area contributed by atoms with E-state index in [0.717, 1.165) is 25.7 Å². The molecule has 1 aromatic rings. The molecule has 1 aliphatic rings. The van der Waals surface area contributed by atoms with E-state index < -0.39 is 0 Å². The van der Waals surface area contributed by atoms with Gasteiger partial charge < -0.3 is 0 Å². The largest absolute Gasteiger partial charge is 0.299 e. The van der Waals surface area contributed by atoms with Gasteiger partial charge in [-0.2, -0.15) is 0 Å². The normalized spacial score (nSPS) is 17.1. The number of carbonyl (C=O) groups excluding carboxylic acids is 1. The van der Waals surface area contributed by atoms with Crippen LogP contribution in [0.5, 0.6) is 0 Å². The number of hydrogen-bond acceptors (Lipinski definition) is 1. The molecule has 0 aliphatic heterocycles. The second-order valence-corrected chi connectivity index (χ2v) is 5.03. The Hall–Kier alpha value is -1.11. The summed E-state index contributed by atoms with van der Waals surface area (Å²) >= 11 is 0. The molecule has 1 saturated carbocycles. The van der Waals surface area contributed by atoms with E-state index in [9.17, 15) is 4.79 Å². The molecule has 0 bridgehead atoms. The van der Waals surface area contributed by atoms with Crippen LogP contribution >= 0.6 is 0 Å². The Morgan fingerprint density at radius 3 is 2.44 bits per heavy atom. The van der Waals surface area contributed by atoms with Gasteiger partial charge in [-0.1, -0.05) is 36.8 Å². The average Bonchev–Trinajstić information content (AvgIpc) is 3.07. The number of Topliss-reactive ketones (excluding diaryl/α,β-unsaturated/α-hetero) is 1. The van der Waals surface area contributed by atoms with Crippen LogP contribution in [0.3, 0.4) is 0 Å². The molecule has 0 atom stereocenters. The fraction of sp³-hybridized carbons (Fsp3) is 0.533. The van der Waals surface area contributed by atoms with Gasteiger partial charge in [0.1, 0.15) is 5.78 Å². The fourth-order valence-corrected chi connectivity index (χ4v) is 2.37. The molecule has 0 unspecified atom stereocenters. The highest BCUT2D eigenvalue weighted by atomic mass is 16.1. The second-order valence-electron chi connectivity index (χ2n) is 5.03. The van der Waals surface area contributed by atoms with Crippen molar-refractivity contribution in [2.75, 3.05) is 0 Å². The van der Waals surface area contributed by atoms with E-state index >= 15 is 0 Å². The van der Waals surface area contributed by atoms with Crippen molar-refractivity contribution in [1.82, 2.24) is 0 Å². The molecule has 0 heterocycles. The molecule has 0 saturated heterocycles. The first-order chi connectivity index (χ1) is 7.73. The monoisotopic (exact) mass is 216 g/mol. The van der Waals surface area contributed by atoms with E-state index in [1.165, 1.54) is 18.4 Å². The molecule has 1 nitrogen and oxygen atoms in total. The maximum absolute atomic E-state index is 11.4. The van der Waals surface area contributed by atoms with Gasteiger partial charge >= 0.3 is 0 Å². The number of benzene rings is 1. The zero-order valence-electron chi connectivity index (χ0n) is 10.0. The summed E-state index contributed by atoms with van der Waals surface area (Å²) in [5.41, 5.74) is 1.52. The van der Waals surface area contributed by atoms with Crippen molar-refractivity contribution in [3.05, 3.63) is 35.9 Å². The van der Waals surface area contributed by atoms with Gasteiger partial charge in [0.25, 0.3) is 0 Å². The van der Waals surface area contributed by atoms with Gasteiger partial charge in [0.05, 0.1) is 0 Å². The van der Waals surface area contributed by atoms with Crippen LogP contribution < -0.4 is 0 Å². The zero-order valence-corrected chi connectivity index (χ0v) is 10.0. The molecular formula is C15H20O. The summed E-state index contributed by atoms with van der Waals surface area (Å²) in [4.78, 5) is 11.4. The lowest BCUT2D eigenvalue weighted by Gasteiger charge is -2.10. The Kier molecular flexibility index (Phi) is 3.42. The molecule has 2 rings (SSSR count). The van der Waals surface area contributed by atoms with Gasteiger partial charge in [-0.15, -0.1) is 0 Å². The lowest BCUT2D eigenvalue weighted by Crippen LogP contribution is -2.11. The first-order valence-corrected chi connectivity index (χ1v) is 6.28. The Bertz CT molecular complexity index is 349. The molecule has 1 heteroatoms. The van der Waals surface area contributed by atoms with Crippen LogP contribution in [0.25, 0.3) is 0 Å². The van der Waals surface area contributed by atoms with E-state index in [0.29, 0.717) is 5.78 Å².